The summed E-state index contributed by atoms with van der Waals surface area (Å²) in [7, 11) is -4.77. The molecule has 0 aliphatic carbocycles. The molecular formula is C8H7F2NO5S. The number of halogens is 2. The fourth-order valence-electron chi connectivity index (χ4n) is 1.33. The lowest BCUT2D eigenvalue weighted by Crippen LogP contribution is -2.09. The number of rotatable bonds is 4. The van der Waals surface area contributed by atoms with Gasteiger partial charge in [-0.25, -0.2) is 8.78 Å². The molecule has 0 heterocycles. The van der Waals surface area contributed by atoms with E-state index in [-0.39, 0.29) is 0 Å². The van der Waals surface area contributed by atoms with Crippen LogP contribution in [0.1, 0.15) is 5.56 Å². The van der Waals surface area contributed by atoms with Crippen molar-refractivity contribution < 1.29 is 26.7 Å². The molecule has 0 amide bonds. The van der Waals surface area contributed by atoms with Crippen LogP contribution in [0.2, 0.25) is 0 Å². The molecule has 1 rings (SSSR count). The zero-order chi connectivity index (χ0) is 13.2. The third-order valence-electron chi connectivity index (χ3n) is 1.94. The van der Waals surface area contributed by atoms with Crippen LogP contribution in [0.4, 0.5) is 14.5 Å². The smallest absolute Gasteiger partial charge is 0.282 e. The third-order valence-corrected chi connectivity index (χ3v) is 2.88. The molecule has 0 unspecified atom stereocenters. The third kappa shape index (κ3) is 3.17. The van der Waals surface area contributed by atoms with E-state index in [1.165, 1.54) is 0 Å². The minimum absolute atomic E-state index is 0.699. The first-order valence-corrected chi connectivity index (χ1v) is 5.69. The molecule has 0 aliphatic heterocycles. The van der Waals surface area contributed by atoms with Crippen molar-refractivity contribution in [1.82, 2.24) is 0 Å². The molecule has 0 saturated carbocycles. The molecule has 0 atom stereocenters. The zero-order valence-electron chi connectivity index (χ0n) is 8.21. The number of nitro groups is 1. The Morgan fingerprint density at radius 2 is 2.00 bits per heavy atom. The van der Waals surface area contributed by atoms with E-state index < -0.39 is 44.0 Å². The summed E-state index contributed by atoms with van der Waals surface area (Å²) >= 11 is 0. The molecule has 0 radical (unpaired) electrons. The highest BCUT2D eigenvalue weighted by Gasteiger charge is 2.26. The maximum Gasteiger partial charge on any atom is 0.295 e. The number of alkyl halides is 2. The summed E-state index contributed by atoms with van der Waals surface area (Å²) in [6, 6.07) is 2.72. The SMILES string of the molecule is O=[N+]([O-])c1cccc(S(=O)(=O)O)c1CC(F)F. The van der Waals surface area contributed by atoms with E-state index in [1.54, 1.807) is 0 Å². The van der Waals surface area contributed by atoms with Crippen molar-refractivity contribution in [1.29, 1.82) is 0 Å². The molecule has 1 aromatic rings. The highest BCUT2D eigenvalue weighted by atomic mass is 32.2. The first-order chi connectivity index (χ1) is 7.73. The summed E-state index contributed by atoms with van der Waals surface area (Å²) in [4.78, 5) is 8.72. The molecule has 17 heavy (non-hydrogen) atoms. The van der Waals surface area contributed by atoms with Crippen LogP contribution in [0.15, 0.2) is 23.1 Å². The van der Waals surface area contributed by atoms with Crippen LogP contribution >= 0.6 is 0 Å². The largest absolute Gasteiger partial charge is 0.295 e. The topological polar surface area (TPSA) is 97.5 Å². The fourth-order valence-corrected chi connectivity index (χ4v) is 2.08. The second-order valence-corrected chi connectivity index (χ2v) is 4.47. The van der Waals surface area contributed by atoms with Crippen molar-refractivity contribution in [3.05, 3.63) is 33.9 Å². The average Bonchev–Trinajstić information content (AvgIpc) is 2.14. The van der Waals surface area contributed by atoms with Gasteiger partial charge in [0, 0.05) is 12.5 Å². The number of hydrogen-bond donors (Lipinski definition) is 1. The summed E-state index contributed by atoms with van der Waals surface area (Å²) < 4.78 is 55.1. The van der Waals surface area contributed by atoms with E-state index >= 15 is 0 Å². The van der Waals surface area contributed by atoms with Gasteiger partial charge in [0.2, 0.25) is 6.43 Å². The van der Waals surface area contributed by atoms with Gasteiger partial charge in [-0.3, -0.25) is 14.7 Å². The highest BCUT2D eigenvalue weighted by molar-refractivity contribution is 7.85. The van der Waals surface area contributed by atoms with Crippen LogP contribution in [0.25, 0.3) is 0 Å². The van der Waals surface area contributed by atoms with Crippen molar-refractivity contribution in [3.8, 4) is 0 Å². The van der Waals surface area contributed by atoms with Gasteiger partial charge in [0.25, 0.3) is 15.8 Å². The summed E-state index contributed by atoms with van der Waals surface area (Å²) in [6.07, 6.45) is -4.08. The highest BCUT2D eigenvalue weighted by Crippen LogP contribution is 2.27. The van der Waals surface area contributed by atoms with E-state index in [0.29, 0.717) is 0 Å². The molecule has 0 aliphatic rings. The average molecular weight is 267 g/mol. The Bertz CT molecular complexity index is 543. The van der Waals surface area contributed by atoms with Gasteiger partial charge in [-0.2, -0.15) is 8.42 Å². The van der Waals surface area contributed by atoms with E-state index in [0.717, 1.165) is 18.2 Å². The predicted molar refractivity (Wildman–Crippen MR) is 52.6 cm³/mol. The number of benzene rings is 1. The van der Waals surface area contributed by atoms with Crippen molar-refractivity contribution >= 4 is 15.8 Å². The monoisotopic (exact) mass is 267 g/mol. The van der Waals surface area contributed by atoms with Crippen LogP contribution in [0, 0.1) is 10.1 Å². The van der Waals surface area contributed by atoms with Gasteiger partial charge in [0.05, 0.1) is 10.5 Å². The van der Waals surface area contributed by atoms with Gasteiger partial charge in [-0.15, -0.1) is 0 Å². The van der Waals surface area contributed by atoms with Gasteiger partial charge >= 0.3 is 0 Å². The van der Waals surface area contributed by atoms with Crippen LogP contribution in [-0.4, -0.2) is 24.3 Å². The van der Waals surface area contributed by atoms with E-state index in [4.69, 9.17) is 4.55 Å². The Morgan fingerprint density at radius 1 is 1.41 bits per heavy atom. The van der Waals surface area contributed by atoms with E-state index in [2.05, 4.69) is 0 Å². The van der Waals surface area contributed by atoms with Crippen molar-refractivity contribution in [2.24, 2.45) is 0 Å². The predicted octanol–water partition coefficient (Wildman–Crippen LogP) is 1.65. The zero-order valence-corrected chi connectivity index (χ0v) is 9.02. The number of nitrogens with zero attached hydrogens (tertiary/aromatic N) is 1. The molecule has 1 N–H and O–H groups in total. The summed E-state index contributed by atoms with van der Waals surface area (Å²) in [5, 5.41) is 10.6. The maximum atomic E-state index is 12.2. The molecular weight excluding hydrogens is 260 g/mol. The molecule has 0 saturated heterocycles. The van der Waals surface area contributed by atoms with Crippen molar-refractivity contribution in [3.63, 3.8) is 0 Å². The second-order valence-electron chi connectivity index (χ2n) is 3.08. The standard InChI is InChI=1S/C8H7F2NO5S/c9-8(10)4-5-6(11(12)13)2-1-3-7(5)17(14,15)16/h1-3,8H,4H2,(H,14,15,16). The molecule has 6 nitrogen and oxygen atoms in total. The fraction of sp³-hybridized carbons (Fsp3) is 0.250. The van der Waals surface area contributed by atoms with Crippen molar-refractivity contribution in [2.45, 2.75) is 17.7 Å². The Balaban J connectivity index is 3.51. The lowest BCUT2D eigenvalue weighted by molar-refractivity contribution is -0.385. The van der Waals surface area contributed by atoms with Crippen LogP contribution in [0.5, 0.6) is 0 Å². The summed E-state index contributed by atoms with van der Waals surface area (Å²) in [5.41, 5.74) is -1.46. The molecule has 0 aromatic heterocycles. The lowest BCUT2D eigenvalue weighted by atomic mass is 10.1. The van der Waals surface area contributed by atoms with Crippen LogP contribution in [-0.2, 0) is 16.5 Å². The Morgan fingerprint density at radius 3 is 2.41 bits per heavy atom. The summed E-state index contributed by atoms with van der Waals surface area (Å²) in [5.74, 6) is 0. The number of nitro benzene ring substituents is 1. The molecule has 94 valence electrons. The van der Waals surface area contributed by atoms with Gasteiger partial charge in [0.1, 0.15) is 4.90 Å². The van der Waals surface area contributed by atoms with Gasteiger partial charge in [-0.1, -0.05) is 6.07 Å². The maximum absolute atomic E-state index is 12.2. The lowest BCUT2D eigenvalue weighted by Gasteiger charge is -2.06. The second kappa shape index (κ2) is 4.72. The van der Waals surface area contributed by atoms with Crippen LogP contribution in [0.3, 0.4) is 0 Å². The van der Waals surface area contributed by atoms with Gasteiger partial charge in [0.15, 0.2) is 0 Å². The molecule has 1 aromatic carbocycles. The minimum Gasteiger partial charge on any atom is -0.282 e. The normalized spacial score (nSPS) is 11.8. The number of hydrogen-bond acceptors (Lipinski definition) is 4. The van der Waals surface area contributed by atoms with Crippen molar-refractivity contribution in [2.75, 3.05) is 0 Å². The van der Waals surface area contributed by atoms with E-state index in [9.17, 15) is 27.3 Å². The Labute approximate surface area is 94.8 Å². The quantitative estimate of drug-likeness (QED) is 0.508. The molecule has 9 heteroatoms. The summed E-state index contributed by atoms with van der Waals surface area (Å²) in [6.45, 7) is 0. The first-order valence-electron chi connectivity index (χ1n) is 4.25. The van der Waals surface area contributed by atoms with E-state index in [1.807, 2.05) is 0 Å². The molecule has 0 bridgehead atoms. The van der Waals surface area contributed by atoms with Crippen LogP contribution < -0.4 is 0 Å². The van der Waals surface area contributed by atoms with Gasteiger partial charge in [-0.05, 0) is 6.07 Å². The van der Waals surface area contributed by atoms with Gasteiger partial charge < -0.3 is 0 Å². The first kappa shape index (κ1) is 13.5. The molecule has 0 fully saturated rings. The molecule has 0 spiro atoms. The minimum atomic E-state index is -4.77. The Hall–Kier alpha value is -1.61. The Kier molecular flexibility index (Phi) is 3.73.